The SMILES string of the molecule is CCOc1ccccc1C(=O)NCCCC(=O)N1CCc2cccc(C)c21. The highest BCUT2D eigenvalue weighted by molar-refractivity contribution is 5.97. The molecule has 0 aliphatic carbocycles. The smallest absolute Gasteiger partial charge is 0.255 e. The predicted molar refractivity (Wildman–Crippen MR) is 106 cm³/mol. The van der Waals surface area contributed by atoms with Crippen LogP contribution in [-0.2, 0) is 11.2 Å². The van der Waals surface area contributed by atoms with Crippen LogP contribution in [0.3, 0.4) is 0 Å². The number of para-hydroxylation sites is 2. The van der Waals surface area contributed by atoms with Crippen LogP contribution < -0.4 is 15.0 Å². The van der Waals surface area contributed by atoms with Crippen molar-refractivity contribution in [2.24, 2.45) is 0 Å². The first-order valence-corrected chi connectivity index (χ1v) is 9.50. The summed E-state index contributed by atoms with van der Waals surface area (Å²) < 4.78 is 5.49. The number of fused-ring (bicyclic) bond motifs is 1. The van der Waals surface area contributed by atoms with Gasteiger partial charge in [-0.25, -0.2) is 0 Å². The summed E-state index contributed by atoms with van der Waals surface area (Å²) in [6, 6.07) is 13.4. The second-order valence-electron chi connectivity index (χ2n) is 6.67. The maximum Gasteiger partial charge on any atom is 0.255 e. The summed E-state index contributed by atoms with van der Waals surface area (Å²) in [5.74, 6) is 0.526. The van der Waals surface area contributed by atoms with Crippen molar-refractivity contribution >= 4 is 17.5 Å². The number of carbonyl (C=O) groups is 2. The third kappa shape index (κ3) is 4.30. The second-order valence-corrected chi connectivity index (χ2v) is 6.67. The standard InChI is InChI=1S/C22H26N2O3/c1-3-27-19-11-5-4-10-18(19)22(26)23-14-7-12-20(25)24-15-13-17-9-6-8-16(2)21(17)24/h4-6,8-11H,3,7,12-15H2,1-2H3,(H,23,26). The van der Waals surface area contributed by atoms with Crippen LogP contribution in [0.5, 0.6) is 5.75 Å². The van der Waals surface area contributed by atoms with Crippen LogP contribution in [0.4, 0.5) is 5.69 Å². The molecule has 0 aromatic heterocycles. The molecule has 3 rings (SSSR count). The van der Waals surface area contributed by atoms with Gasteiger partial charge in [0.15, 0.2) is 0 Å². The van der Waals surface area contributed by atoms with E-state index in [9.17, 15) is 9.59 Å². The fourth-order valence-corrected chi connectivity index (χ4v) is 3.51. The Morgan fingerprint density at radius 3 is 2.78 bits per heavy atom. The third-order valence-corrected chi connectivity index (χ3v) is 4.78. The van der Waals surface area contributed by atoms with E-state index in [1.54, 1.807) is 12.1 Å². The van der Waals surface area contributed by atoms with Gasteiger partial charge in [0, 0.05) is 25.2 Å². The molecule has 1 N–H and O–H groups in total. The van der Waals surface area contributed by atoms with Crippen LogP contribution in [0.2, 0.25) is 0 Å². The summed E-state index contributed by atoms with van der Waals surface area (Å²) in [6.07, 6.45) is 1.94. The molecule has 2 amide bonds. The monoisotopic (exact) mass is 366 g/mol. The summed E-state index contributed by atoms with van der Waals surface area (Å²) in [4.78, 5) is 26.9. The van der Waals surface area contributed by atoms with E-state index >= 15 is 0 Å². The van der Waals surface area contributed by atoms with Gasteiger partial charge >= 0.3 is 0 Å². The molecule has 0 radical (unpaired) electrons. The first kappa shape index (κ1) is 19.0. The number of ether oxygens (including phenoxy) is 1. The largest absolute Gasteiger partial charge is 0.493 e. The van der Waals surface area contributed by atoms with Gasteiger partial charge in [0.2, 0.25) is 5.91 Å². The lowest BCUT2D eigenvalue weighted by Gasteiger charge is -2.19. The normalized spacial score (nSPS) is 12.6. The molecule has 1 aliphatic heterocycles. The first-order valence-electron chi connectivity index (χ1n) is 9.50. The lowest BCUT2D eigenvalue weighted by atomic mass is 10.1. The van der Waals surface area contributed by atoms with E-state index in [2.05, 4.69) is 11.4 Å². The molecule has 27 heavy (non-hydrogen) atoms. The van der Waals surface area contributed by atoms with Crippen LogP contribution in [0.25, 0.3) is 0 Å². The van der Waals surface area contributed by atoms with E-state index in [1.807, 2.05) is 43.0 Å². The Morgan fingerprint density at radius 1 is 1.15 bits per heavy atom. The Balaban J connectivity index is 1.50. The maximum absolute atomic E-state index is 12.6. The lowest BCUT2D eigenvalue weighted by molar-refractivity contribution is -0.118. The Hall–Kier alpha value is -2.82. The highest BCUT2D eigenvalue weighted by Gasteiger charge is 2.25. The number of hydrogen-bond acceptors (Lipinski definition) is 3. The molecule has 0 saturated carbocycles. The van der Waals surface area contributed by atoms with Crippen LogP contribution in [0, 0.1) is 6.92 Å². The predicted octanol–water partition coefficient (Wildman–Crippen LogP) is 3.49. The van der Waals surface area contributed by atoms with Crippen molar-refractivity contribution in [2.45, 2.75) is 33.1 Å². The molecule has 142 valence electrons. The zero-order valence-corrected chi connectivity index (χ0v) is 16.0. The van der Waals surface area contributed by atoms with E-state index in [0.717, 1.165) is 24.2 Å². The fourth-order valence-electron chi connectivity index (χ4n) is 3.51. The minimum absolute atomic E-state index is 0.118. The third-order valence-electron chi connectivity index (χ3n) is 4.78. The zero-order chi connectivity index (χ0) is 19.2. The Kier molecular flexibility index (Phi) is 6.12. The molecule has 2 aromatic rings. The minimum atomic E-state index is -0.172. The molecule has 0 atom stereocenters. The van der Waals surface area contributed by atoms with Gasteiger partial charge in [-0.15, -0.1) is 0 Å². The molecule has 1 heterocycles. The van der Waals surface area contributed by atoms with Gasteiger partial charge in [-0.3, -0.25) is 9.59 Å². The quantitative estimate of drug-likeness (QED) is 0.763. The Bertz CT molecular complexity index is 832. The summed E-state index contributed by atoms with van der Waals surface area (Å²) in [5.41, 5.74) is 3.97. The van der Waals surface area contributed by atoms with Gasteiger partial charge in [0.25, 0.3) is 5.91 Å². The average molecular weight is 366 g/mol. The van der Waals surface area contributed by atoms with Crippen LogP contribution >= 0.6 is 0 Å². The van der Waals surface area contributed by atoms with Crippen molar-refractivity contribution in [2.75, 3.05) is 24.6 Å². The van der Waals surface area contributed by atoms with Crippen molar-refractivity contribution < 1.29 is 14.3 Å². The van der Waals surface area contributed by atoms with E-state index in [0.29, 0.717) is 37.3 Å². The highest BCUT2D eigenvalue weighted by atomic mass is 16.5. The van der Waals surface area contributed by atoms with E-state index < -0.39 is 0 Å². The lowest BCUT2D eigenvalue weighted by Crippen LogP contribution is -2.31. The van der Waals surface area contributed by atoms with E-state index in [4.69, 9.17) is 4.74 Å². The molecular weight excluding hydrogens is 340 g/mol. The second kappa shape index (κ2) is 8.71. The van der Waals surface area contributed by atoms with Crippen molar-refractivity contribution in [3.63, 3.8) is 0 Å². The van der Waals surface area contributed by atoms with Crippen LogP contribution in [0.1, 0.15) is 41.3 Å². The van der Waals surface area contributed by atoms with E-state index in [-0.39, 0.29) is 11.8 Å². The van der Waals surface area contributed by atoms with Gasteiger partial charge in [0.05, 0.1) is 12.2 Å². The first-order chi connectivity index (χ1) is 13.1. The molecule has 0 spiro atoms. The van der Waals surface area contributed by atoms with Crippen molar-refractivity contribution in [3.8, 4) is 5.75 Å². The highest BCUT2D eigenvalue weighted by Crippen LogP contribution is 2.31. The van der Waals surface area contributed by atoms with Crippen molar-refractivity contribution in [1.29, 1.82) is 0 Å². The number of amides is 2. The molecule has 0 saturated heterocycles. The number of aryl methyl sites for hydroxylation is 1. The zero-order valence-electron chi connectivity index (χ0n) is 16.0. The van der Waals surface area contributed by atoms with Gasteiger partial charge in [0.1, 0.15) is 5.75 Å². The van der Waals surface area contributed by atoms with Crippen LogP contribution in [-0.4, -0.2) is 31.5 Å². The molecule has 5 nitrogen and oxygen atoms in total. The number of rotatable bonds is 7. The Morgan fingerprint density at radius 2 is 1.96 bits per heavy atom. The summed E-state index contributed by atoms with van der Waals surface area (Å²) in [5, 5.41) is 2.88. The number of anilines is 1. The van der Waals surface area contributed by atoms with Gasteiger partial charge in [-0.05, 0) is 49.9 Å². The number of benzene rings is 2. The van der Waals surface area contributed by atoms with Crippen molar-refractivity contribution in [1.82, 2.24) is 5.32 Å². The van der Waals surface area contributed by atoms with Gasteiger partial charge in [-0.2, -0.15) is 0 Å². The molecule has 1 aliphatic rings. The van der Waals surface area contributed by atoms with Crippen LogP contribution in [0.15, 0.2) is 42.5 Å². The molecule has 0 unspecified atom stereocenters. The summed E-state index contributed by atoms with van der Waals surface area (Å²) >= 11 is 0. The molecule has 0 bridgehead atoms. The average Bonchev–Trinajstić information content (AvgIpc) is 3.11. The van der Waals surface area contributed by atoms with Gasteiger partial charge in [-0.1, -0.05) is 30.3 Å². The van der Waals surface area contributed by atoms with Gasteiger partial charge < -0.3 is 15.0 Å². The summed E-state index contributed by atoms with van der Waals surface area (Å²) in [7, 11) is 0. The molecule has 2 aromatic carbocycles. The van der Waals surface area contributed by atoms with Crippen molar-refractivity contribution in [3.05, 3.63) is 59.2 Å². The maximum atomic E-state index is 12.6. The molecular formula is C22H26N2O3. The fraction of sp³-hybridized carbons (Fsp3) is 0.364. The minimum Gasteiger partial charge on any atom is -0.493 e. The van der Waals surface area contributed by atoms with E-state index in [1.165, 1.54) is 5.56 Å². The molecule has 0 fully saturated rings. The number of hydrogen-bond donors (Lipinski definition) is 1. The summed E-state index contributed by atoms with van der Waals surface area (Å²) in [6.45, 7) is 5.64. The number of nitrogens with zero attached hydrogens (tertiary/aromatic N) is 1. The topological polar surface area (TPSA) is 58.6 Å². The number of carbonyl (C=O) groups excluding carboxylic acids is 2. The molecule has 5 heteroatoms. The Labute approximate surface area is 160 Å². The number of nitrogens with one attached hydrogen (secondary N) is 1.